The topological polar surface area (TPSA) is 71.9 Å². The summed E-state index contributed by atoms with van der Waals surface area (Å²) in [7, 11) is 1.67. The van der Waals surface area contributed by atoms with Crippen molar-refractivity contribution >= 4 is 5.97 Å². The number of pyridine rings is 1. The van der Waals surface area contributed by atoms with Gasteiger partial charge in [0.15, 0.2) is 0 Å². The molecule has 4 aliphatic rings. The van der Waals surface area contributed by atoms with Gasteiger partial charge in [0.1, 0.15) is 11.9 Å². The minimum Gasteiger partial charge on any atom is -0.485 e. The lowest BCUT2D eigenvalue weighted by Crippen LogP contribution is -2.39. The summed E-state index contributed by atoms with van der Waals surface area (Å²) in [4.78, 5) is 19.0. The van der Waals surface area contributed by atoms with E-state index in [0.717, 1.165) is 49.1 Å². The molecule has 0 amide bonds. The number of hydrogen-bond donors (Lipinski definition) is 1. The highest BCUT2D eigenvalue weighted by Crippen LogP contribution is 2.48. The van der Waals surface area contributed by atoms with Gasteiger partial charge in [-0.25, -0.2) is 4.98 Å². The second-order valence-electron chi connectivity index (χ2n) is 13.0. The molecule has 1 aliphatic carbocycles. The number of hydrogen-bond acceptors (Lipinski definition) is 5. The van der Waals surface area contributed by atoms with Crippen LogP contribution in [0.25, 0.3) is 11.1 Å². The van der Waals surface area contributed by atoms with Crippen LogP contribution in [0.5, 0.6) is 11.6 Å². The highest BCUT2D eigenvalue weighted by molar-refractivity contribution is 5.71. The van der Waals surface area contributed by atoms with Crippen molar-refractivity contribution in [2.45, 2.75) is 95.4 Å². The first-order valence-electron chi connectivity index (χ1n) is 15.9. The number of piperidine rings is 1. The number of ether oxygens (including phenoxy) is 2. The van der Waals surface area contributed by atoms with Crippen LogP contribution in [0.2, 0.25) is 0 Å². The molecule has 2 aromatic carbocycles. The summed E-state index contributed by atoms with van der Waals surface area (Å²) in [6.45, 7) is 2.80. The third-order valence-corrected chi connectivity index (χ3v) is 10.4. The molecule has 2 bridgehead atoms. The Morgan fingerprint density at radius 1 is 1.02 bits per heavy atom. The third kappa shape index (κ3) is 5.30. The van der Waals surface area contributed by atoms with E-state index in [1.807, 2.05) is 19.2 Å². The van der Waals surface area contributed by atoms with Crippen LogP contribution in [0.1, 0.15) is 92.6 Å². The fraction of sp³-hybridized carbons (Fsp3) is 0.500. The summed E-state index contributed by atoms with van der Waals surface area (Å²) in [6.07, 6.45) is 12.5. The van der Waals surface area contributed by atoms with Crippen molar-refractivity contribution in [3.05, 3.63) is 77.0 Å². The molecule has 7 rings (SSSR count). The summed E-state index contributed by atoms with van der Waals surface area (Å²) >= 11 is 0. The monoisotopic (exact) mass is 566 g/mol. The van der Waals surface area contributed by atoms with Crippen LogP contribution in [-0.4, -0.2) is 40.2 Å². The molecule has 220 valence electrons. The van der Waals surface area contributed by atoms with Gasteiger partial charge in [-0.05, 0) is 109 Å². The molecule has 42 heavy (non-hydrogen) atoms. The minimum absolute atomic E-state index is 0.0260. The van der Waals surface area contributed by atoms with Gasteiger partial charge in [-0.15, -0.1) is 0 Å². The molecule has 0 radical (unpaired) electrons. The van der Waals surface area contributed by atoms with Gasteiger partial charge >= 0.3 is 5.97 Å². The Hall–Kier alpha value is -3.38. The van der Waals surface area contributed by atoms with Crippen molar-refractivity contribution in [3.8, 4) is 22.8 Å². The van der Waals surface area contributed by atoms with Crippen LogP contribution in [0.15, 0.2) is 54.7 Å². The number of carboxylic acid groups (broad SMARTS) is 1. The number of aryl methyl sites for hydroxylation is 1. The number of methoxy groups -OCH3 is 1. The van der Waals surface area contributed by atoms with Crippen molar-refractivity contribution < 1.29 is 19.4 Å². The number of aromatic nitrogens is 1. The van der Waals surface area contributed by atoms with E-state index in [2.05, 4.69) is 52.3 Å². The molecule has 1 aromatic heterocycles. The molecule has 1 N–H and O–H groups in total. The first kappa shape index (κ1) is 27.5. The maximum absolute atomic E-state index is 11.9. The molecule has 2 saturated heterocycles. The van der Waals surface area contributed by atoms with Crippen LogP contribution >= 0.6 is 0 Å². The Kier molecular flexibility index (Phi) is 7.43. The molecule has 2 unspecified atom stereocenters. The number of carboxylic acids is 1. The number of fused-ring (bicyclic) bond motifs is 3. The number of nitrogens with zero attached hydrogens (tertiary/aromatic N) is 2. The number of benzene rings is 2. The molecule has 1 saturated carbocycles. The Labute approximate surface area is 249 Å². The summed E-state index contributed by atoms with van der Waals surface area (Å²) in [5.41, 5.74) is 7.25. The quantitative estimate of drug-likeness (QED) is 0.288. The van der Waals surface area contributed by atoms with E-state index in [-0.39, 0.29) is 12.0 Å². The molecule has 6 nitrogen and oxygen atoms in total. The van der Waals surface area contributed by atoms with Crippen LogP contribution in [0, 0.1) is 11.8 Å². The lowest BCUT2D eigenvalue weighted by Gasteiger charge is -2.35. The smallest absolute Gasteiger partial charge is 0.306 e. The number of aliphatic carboxylic acids is 1. The van der Waals surface area contributed by atoms with E-state index in [0.29, 0.717) is 23.9 Å². The van der Waals surface area contributed by atoms with E-state index >= 15 is 0 Å². The van der Waals surface area contributed by atoms with Crippen LogP contribution < -0.4 is 9.47 Å². The summed E-state index contributed by atoms with van der Waals surface area (Å²) in [5, 5.41) is 9.79. The molecule has 3 fully saturated rings. The lowest BCUT2D eigenvalue weighted by molar-refractivity contribution is -0.142. The summed E-state index contributed by atoms with van der Waals surface area (Å²) in [5.74, 6) is 0.934. The zero-order chi connectivity index (χ0) is 28.8. The Bertz CT molecular complexity index is 1450. The second kappa shape index (κ2) is 11.4. The molecule has 0 spiro atoms. The van der Waals surface area contributed by atoms with Crippen molar-refractivity contribution in [2.24, 2.45) is 11.8 Å². The predicted molar refractivity (Wildman–Crippen MR) is 163 cm³/mol. The van der Waals surface area contributed by atoms with Gasteiger partial charge in [-0.3, -0.25) is 9.69 Å². The van der Waals surface area contributed by atoms with Crippen LogP contribution in [0.3, 0.4) is 0 Å². The largest absolute Gasteiger partial charge is 0.485 e. The Morgan fingerprint density at radius 2 is 1.83 bits per heavy atom. The molecule has 3 aromatic rings. The molecular weight excluding hydrogens is 524 g/mol. The van der Waals surface area contributed by atoms with Crippen molar-refractivity contribution in [2.75, 3.05) is 7.11 Å². The fourth-order valence-electron chi connectivity index (χ4n) is 8.00. The summed E-state index contributed by atoms with van der Waals surface area (Å²) in [6, 6.07) is 18.8. The summed E-state index contributed by atoms with van der Waals surface area (Å²) < 4.78 is 12.2. The van der Waals surface area contributed by atoms with E-state index in [4.69, 9.17) is 9.47 Å². The van der Waals surface area contributed by atoms with E-state index in [1.165, 1.54) is 54.4 Å². The van der Waals surface area contributed by atoms with Gasteiger partial charge in [0.25, 0.3) is 0 Å². The molecule has 4 heterocycles. The third-order valence-electron chi connectivity index (χ3n) is 10.4. The van der Waals surface area contributed by atoms with Gasteiger partial charge in [-0.2, -0.15) is 0 Å². The molecule has 5 atom stereocenters. The van der Waals surface area contributed by atoms with Gasteiger partial charge < -0.3 is 14.6 Å². The Morgan fingerprint density at radius 3 is 2.57 bits per heavy atom. The van der Waals surface area contributed by atoms with Gasteiger partial charge in [0.2, 0.25) is 5.88 Å². The fourth-order valence-corrected chi connectivity index (χ4v) is 8.00. The van der Waals surface area contributed by atoms with Crippen molar-refractivity contribution in [1.82, 2.24) is 9.88 Å². The number of rotatable bonds is 9. The zero-order valence-electron chi connectivity index (χ0n) is 24.8. The average Bonchev–Trinajstić information content (AvgIpc) is 3.82. The van der Waals surface area contributed by atoms with Crippen molar-refractivity contribution in [3.63, 3.8) is 0 Å². The van der Waals surface area contributed by atoms with Crippen LogP contribution in [0.4, 0.5) is 0 Å². The first-order chi connectivity index (χ1) is 20.5. The highest BCUT2D eigenvalue weighted by atomic mass is 16.5. The maximum atomic E-state index is 11.9. The highest BCUT2D eigenvalue weighted by Gasteiger charge is 2.39. The van der Waals surface area contributed by atoms with E-state index in [9.17, 15) is 9.90 Å². The number of carbonyl (C=O) groups is 1. The SMILES string of the molecule is COc1cc(-c2ccc([C@@H]3CCc4ccc([C@H](C5CC5)[C@H](C)C(=O)O)cc4O3)cc2CN2C3CCCC2CC3)ccn1. The average molecular weight is 567 g/mol. The molecule has 6 heteroatoms. The Balaban J connectivity index is 1.20. The minimum atomic E-state index is -0.718. The molecule has 3 aliphatic heterocycles. The second-order valence-corrected chi connectivity index (χ2v) is 13.0. The van der Waals surface area contributed by atoms with Gasteiger partial charge in [0, 0.05) is 30.9 Å². The van der Waals surface area contributed by atoms with E-state index < -0.39 is 11.9 Å². The maximum Gasteiger partial charge on any atom is 0.306 e. The van der Waals surface area contributed by atoms with Gasteiger partial charge in [0.05, 0.1) is 13.0 Å². The van der Waals surface area contributed by atoms with Crippen molar-refractivity contribution in [1.29, 1.82) is 0 Å². The predicted octanol–water partition coefficient (Wildman–Crippen LogP) is 7.55. The first-order valence-corrected chi connectivity index (χ1v) is 15.9. The van der Waals surface area contributed by atoms with Gasteiger partial charge in [-0.1, -0.05) is 43.7 Å². The zero-order valence-corrected chi connectivity index (χ0v) is 24.8. The lowest BCUT2D eigenvalue weighted by atomic mass is 9.82. The standard InChI is InChI=1S/C36H42N2O4/c1-22(36(39)40)35(24-7-8-24)27-9-6-23-11-15-32(42-33(23)19-27)26-10-14-31(25-16-17-37-34(20-25)41-2)28(18-26)21-38-29-4-3-5-30(38)13-12-29/h6,9-10,14,16-20,22,24,29-30,32,35H,3-5,7-8,11-13,15,21H2,1-2H3,(H,39,40)/t22-,29?,30?,32-,35-/m0/s1. The van der Waals surface area contributed by atoms with E-state index in [1.54, 1.807) is 7.11 Å². The van der Waals surface area contributed by atoms with Crippen LogP contribution in [-0.2, 0) is 17.8 Å². The molecular formula is C36H42N2O4. The normalized spacial score (nSPS) is 24.9.